The van der Waals surface area contributed by atoms with Gasteiger partial charge in [0.05, 0.1) is 6.10 Å². The molecule has 0 aromatic heterocycles. The topological polar surface area (TPSA) is 67.6 Å². The molecule has 2 aliphatic carbocycles. The van der Waals surface area contributed by atoms with Crippen molar-refractivity contribution in [2.75, 3.05) is 24.4 Å². The summed E-state index contributed by atoms with van der Waals surface area (Å²) in [7, 11) is 3.51. The first-order valence-electron chi connectivity index (χ1n) is 7.99. The number of urea groups is 1. The van der Waals surface area contributed by atoms with Crippen LogP contribution in [0.4, 0.5) is 16.2 Å². The lowest BCUT2D eigenvalue weighted by Gasteiger charge is -2.19. The molecule has 0 bridgehead atoms. The Morgan fingerprint density at radius 2 is 1.95 bits per heavy atom. The fourth-order valence-corrected chi connectivity index (χ4v) is 4.04. The molecule has 3 N–H and O–H groups in total. The van der Waals surface area contributed by atoms with Crippen molar-refractivity contribution >= 4 is 17.4 Å². The molecule has 0 spiro atoms. The largest absolute Gasteiger partial charge is 0.382 e. The number of fused-ring (bicyclic) bond motifs is 1. The molecule has 4 atom stereocenters. The number of carbonyl (C=O) groups excluding carboxylic acids is 1. The van der Waals surface area contributed by atoms with E-state index in [4.69, 9.17) is 10.5 Å². The van der Waals surface area contributed by atoms with Crippen LogP contribution in [0.1, 0.15) is 25.7 Å². The molecule has 2 fully saturated rings. The van der Waals surface area contributed by atoms with Crippen molar-refractivity contribution in [1.82, 2.24) is 0 Å². The Labute approximate surface area is 131 Å². The Morgan fingerprint density at radius 1 is 1.27 bits per heavy atom. The van der Waals surface area contributed by atoms with Gasteiger partial charge in [-0.25, -0.2) is 4.79 Å². The van der Waals surface area contributed by atoms with E-state index in [-0.39, 0.29) is 0 Å². The second-order valence-corrected chi connectivity index (χ2v) is 6.61. The number of benzene rings is 1. The molecule has 22 heavy (non-hydrogen) atoms. The quantitative estimate of drug-likeness (QED) is 0.898. The average molecular weight is 303 g/mol. The SMILES string of the molecule is COC1C[C@H]2CC(Nc3cccc(N(C)C(N)=O)c3)C[C@H]2C1. The number of nitrogens with two attached hydrogens (primary N) is 1. The normalized spacial score (nSPS) is 30.1. The van der Waals surface area contributed by atoms with Gasteiger partial charge in [0.25, 0.3) is 0 Å². The molecule has 1 aromatic rings. The number of carbonyl (C=O) groups is 1. The highest BCUT2D eigenvalue weighted by molar-refractivity contribution is 5.90. The van der Waals surface area contributed by atoms with Crippen LogP contribution in [-0.4, -0.2) is 32.3 Å². The molecule has 5 heteroatoms. The molecule has 2 amide bonds. The summed E-state index contributed by atoms with van der Waals surface area (Å²) in [4.78, 5) is 12.7. The Bertz CT molecular complexity index is 534. The van der Waals surface area contributed by atoms with Crippen molar-refractivity contribution in [2.45, 2.75) is 37.8 Å². The van der Waals surface area contributed by atoms with Crippen molar-refractivity contribution in [3.05, 3.63) is 24.3 Å². The van der Waals surface area contributed by atoms with Gasteiger partial charge in [-0.1, -0.05) is 6.07 Å². The van der Waals surface area contributed by atoms with Crippen LogP contribution in [0.3, 0.4) is 0 Å². The zero-order chi connectivity index (χ0) is 15.7. The first-order valence-corrected chi connectivity index (χ1v) is 7.99. The van der Waals surface area contributed by atoms with Crippen molar-refractivity contribution in [3.63, 3.8) is 0 Å². The maximum atomic E-state index is 11.3. The van der Waals surface area contributed by atoms with Gasteiger partial charge in [-0.3, -0.25) is 4.90 Å². The van der Waals surface area contributed by atoms with Gasteiger partial charge in [0, 0.05) is 31.6 Å². The van der Waals surface area contributed by atoms with Crippen LogP contribution in [0.2, 0.25) is 0 Å². The van der Waals surface area contributed by atoms with Gasteiger partial charge in [-0.05, 0) is 55.7 Å². The molecule has 2 saturated carbocycles. The number of rotatable bonds is 4. The van der Waals surface area contributed by atoms with Crippen molar-refractivity contribution in [3.8, 4) is 0 Å². The molecule has 1 aromatic carbocycles. The summed E-state index contributed by atoms with van der Waals surface area (Å²) in [5, 5.41) is 3.62. The van der Waals surface area contributed by atoms with E-state index >= 15 is 0 Å². The Hall–Kier alpha value is -1.75. The maximum Gasteiger partial charge on any atom is 0.318 e. The number of hydrogen-bond acceptors (Lipinski definition) is 3. The highest BCUT2D eigenvalue weighted by Gasteiger charge is 2.41. The van der Waals surface area contributed by atoms with Gasteiger partial charge in [0.1, 0.15) is 0 Å². The summed E-state index contributed by atoms with van der Waals surface area (Å²) >= 11 is 0. The zero-order valence-corrected chi connectivity index (χ0v) is 13.3. The van der Waals surface area contributed by atoms with Crippen LogP contribution in [0, 0.1) is 11.8 Å². The summed E-state index contributed by atoms with van der Waals surface area (Å²) < 4.78 is 5.50. The summed E-state index contributed by atoms with van der Waals surface area (Å²) in [6.07, 6.45) is 5.28. The smallest absolute Gasteiger partial charge is 0.318 e. The molecular formula is C17H25N3O2. The van der Waals surface area contributed by atoms with Gasteiger partial charge in [-0.2, -0.15) is 0 Å². The molecule has 5 nitrogen and oxygen atoms in total. The van der Waals surface area contributed by atoms with E-state index in [1.807, 2.05) is 31.4 Å². The van der Waals surface area contributed by atoms with E-state index in [2.05, 4.69) is 5.32 Å². The Morgan fingerprint density at radius 3 is 2.55 bits per heavy atom. The van der Waals surface area contributed by atoms with Gasteiger partial charge < -0.3 is 15.8 Å². The first-order chi connectivity index (χ1) is 10.6. The number of primary amides is 1. The Kier molecular flexibility index (Phi) is 4.25. The van der Waals surface area contributed by atoms with Gasteiger partial charge in [0.15, 0.2) is 0 Å². The van der Waals surface area contributed by atoms with Crippen molar-refractivity contribution in [2.24, 2.45) is 17.6 Å². The predicted molar refractivity (Wildman–Crippen MR) is 88.1 cm³/mol. The third-order valence-corrected chi connectivity index (χ3v) is 5.24. The molecular weight excluding hydrogens is 278 g/mol. The molecule has 2 unspecified atom stereocenters. The van der Waals surface area contributed by atoms with E-state index in [0.29, 0.717) is 12.1 Å². The Balaban J connectivity index is 1.61. The van der Waals surface area contributed by atoms with Crippen LogP contribution < -0.4 is 16.0 Å². The fourth-order valence-electron chi connectivity index (χ4n) is 4.04. The summed E-state index contributed by atoms with van der Waals surface area (Å²) in [5.74, 6) is 1.58. The molecule has 0 saturated heterocycles. The van der Waals surface area contributed by atoms with Crippen LogP contribution >= 0.6 is 0 Å². The van der Waals surface area contributed by atoms with Gasteiger partial charge in [0.2, 0.25) is 0 Å². The zero-order valence-electron chi connectivity index (χ0n) is 13.3. The highest BCUT2D eigenvalue weighted by Crippen LogP contribution is 2.45. The van der Waals surface area contributed by atoms with E-state index in [1.165, 1.54) is 30.6 Å². The fraction of sp³-hybridized carbons (Fsp3) is 0.588. The van der Waals surface area contributed by atoms with Crippen LogP contribution in [0.15, 0.2) is 24.3 Å². The van der Waals surface area contributed by atoms with Crippen molar-refractivity contribution in [1.29, 1.82) is 0 Å². The lowest BCUT2D eigenvalue weighted by molar-refractivity contribution is 0.101. The predicted octanol–water partition coefficient (Wildman–Crippen LogP) is 2.82. The van der Waals surface area contributed by atoms with Gasteiger partial charge >= 0.3 is 6.03 Å². The summed E-state index contributed by atoms with van der Waals surface area (Å²) in [5.41, 5.74) is 7.19. The molecule has 0 radical (unpaired) electrons. The average Bonchev–Trinajstić information content (AvgIpc) is 3.04. The molecule has 0 aliphatic heterocycles. The number of nitrogens with zero attached hydrogens (tertiary/aromatic N) is 1. The van der Waals surface area contributed by atoms with Crippen molar-refractivity contribution < 1.29 is 9.53 Å². The molecule has 120 valence electrons. The lowest BCUT2D eigenvalue weighted by Crippen LogP contribution is -2.31. The minimum Gasteiger partial charge on any atom is -0.382 e. The van der Waals surface area contributed by atoms with E-state index in [9.17, 15) is 4.79 Å². The van der Waals surface area contributed by atoms with E-state index < -0.39 is 6.03 Å². The number of methoxy groups -OCH3 is 1. The van der Waals surface area contributed by atoms with Crippen LogP contribution in [0.5, 0.6) is 0 Å². The minimum absolute atomic E-state index is 0.446. The monoisotopic (exact) mass is 303 g/mol. The number of anilines is 2. The third-order valence-electron chi connectivity index (χ3n) is 5.24. The number of ether oxygens (including phenoxy) is 1. The standard InChI is InChI=1S/C17H25N3O2/c1-20(17(18)21)15-5-3-4-13(10-15)19-14-6-11-8-16(22-2)9-12(11)7-14/h3-5,10-12,14,16,19H,6-9H2,1-2H3,(H2,18,21)/t11-,12+,14?,16?. The first kappa shape index (κ1) is 15.2. The lowest BCUT2D eigenvalue weighted by atomic mass is 10.0. The summed E-state index contributed by atoms with van der Waals surface area (Å²) in [6, 6.07) is 7.94. The van der Waals surface area contributed by atoms with E-state index in [0.717, 1.165) is 23.2 Å². The summed E-state index contributed by atoms with van der Waals surface area (Å²) in [6.45, 7) is 0. The third kappa shape index (κ3) is 3.04. The number of nitrogens with one attached hydrogen (secondary N) is 1. The second-order valence-electron chi connectivity index (χ2n) is 6.61. The van der Waals surface area contributed by atoms with Crippen LogP contribution in [0.25, 0.3) is 0 Å². The molecule has 3 rings (SSSR count). The second kappa shape index (κ2) is 6.16. The number of amides is 2. The van der Waals surface area contributed by atoms with Gasteiger partial charge in [-0.15, -0.1) is 0 Å². The minimum atomic E-state index is -0.446. The molecule has 0 heterocycles. The maximum absolute atomic E-state index is 11.3. The molecule has 2 aliphatic rings. The van der Waals surface area contributed by atoms with E-state index in [1.54, 1.807) is 7.05 Å². The number of hydrogen-bond donors (Lipinski definition) is 2. The van der Waals surface area contributed by atoms with Crippen LogP contribution in [-0.2, 0) is 4.74 Å². The highest BCUT2D eigenvalue weighted by atomic mass is 16.5.